The Morgan fingerprint density at radius 2 is 1.88 bits per heavy atom. The van der Waals surface area contributed by atoms with Crippen molar-refractivity contribution < 1.29 is 9.59 Å². The molecule has 0 aromatic carbocycles. The van der Waals surface area contributed by atoms with Gasteiger partial charge in [-0.2, -0.15) is 0 Å². The summed E-state index contributed by atoms with van der Waals surface area (Å²) in [4.78, 5) is 29.1. The molecule has 6 heteroatoms. The van der Waals surface area contributed by atoms with Crippen LogP contribution in [-0.4, -0.2) is 41.2 Å². The Hall–Kier alpha value is -1.33. The minimum atomic E-state index is -0.146. The summed E-state index contributed by atoms with van der Waals surface area (Å²) in [6.07, 6.45) is 8.52. The highest BCUT2D eigenvalue weighted by atomic mass is 35.5. The molecule has 0 unspecified atom stereocenters. The van der Waals surface area contributed by atoms with Gasteiger partial charge in [-0.1, -0.05) is 30.9 Å². The smallest absolute Gasteiger partial charge is 0.247 e. The molecule has 2 amide bonds. The van der Waals surface area contributed by atoms with Crippen molar-refractivity contribution in [2.45, 2.75) is 51.6 Å². The first-order valence-corrected chi connectivity index (χ1v) is 9.68. The summed E-state index contributed by atoms with van der Waals surface area (Å²) in [5.74, 6) is -0.238. The monoisotopic (exact) mass is 368 g/mol. The molecule has 132 valence electrons. The molecule has 0 aliphatic heterocycles. The van der Waals surface area contributed by atoms with E-state index in [0.29, 0.717) is 23.5 Å². The minimum Gasteiger partial charge on any atom is -0.339 e. The molecule has 1 fully saturated rings. The summed E-state index contributed by atoms with van der Waals surface area (Å²) in [6.45, 7) is 3.03. The molecule has 1 aliphatic rings. The van der Waals surface area contributed by atoms with Gasteiger partial charge in [-0.05, 0) is 31.9 Å². The molecule has 0 bridgehead atoms. The lowest BCUT2D eigenvalue weighted by Crippen LogP contribution is -2.37. The van der Waals surface area contributed by atoms with Crippen molar-refractivity contribution in [1.29, 1.82) is 0 Å². The normalized spacial score (nSPS) is 15.6. The molecule has 1 aromatic rings. The molecule has 0 spiro atoms. The zero-order valence-electron chi connectivity index (χ0n) is 14.3. The van der Waals surface area contributed by atoms with Crippen LogP contribution in [0.3, 0.4) is 0 Å². The summed E-state index contributed by atoms with van der Waals surface area (Å²) in [7, 11) is 1.83. The van der Waals surface area contributed by atoms with Crippen molar-refractivity contribution in [3.63, 3.8) is 0 Å². The third-order valence-electron chi connectivity index (χ3n) is 4.51. The predicted molar refractivity (Wildman–Crippen MR) is 99.2 cm³/mol. The largest absolute Gasteiger partial charge is 0.339 e. The fourth-order valence-electron chi connectivity index (χ4n) is 2.98. The van der Waals surface area contributed by atoms with Crippen LogP contribution in [0.25, 0.3) is 0 Å². The fraction of sp³-hybridized carbons (Fsp3) is 0.556. The molecule has 1 saturated carbocycles. The van der Waals surface area contributed by atoms with Gasteiger partial charge in [-0.15, -0.1) is 11.3 Å². The lowest BCUT2D eigenvalue weighted by atomic mass is 9.94. The first kappa shape index (κ1) is 19.0. The minimum absolute atomic E-state index is 0.0922. The van der Waals surface area contributed by atoms with Crippen molar-refractivity contribution in [3.05, 3.63) is 33.5 Å². The summed E-state index contributed by atoms with van der Waals surface area (Å²) >= 11 is 7.40. The lowest BCUT2D eigenvalue weighted by Gasteiger charge is -2.30. The van der Waals surface area contributed by atoms with E-state index < -0.39 is 0 Å². The quantitative estimate of drug-likeness (QED) is 0.709. The Morgan fingerprint density at radius 1 is 1.21 bits per heavy atom. The van der Waals surface area contributed by atoms with Crippen LogP contribution < -0.4 is 0 Å². The number of hydrogen-bond acceptors (Lipinski definition) is 3. The Kier molecular flexibility index (Phi) is 7.31. The highest BCUT2D eigenvalue weighted by molar-refractivity contribution is 7.16. The average Bonchev–Trinajstić information content (AvgIpc) is 3.02. The maximum absolute atomic E-state index is 12.3. The standard InChI is InChI=1S/C18H25ClN2O2S/c1-3-21(13-15-9-10-16(19)24-15)18(23)12-11-17(22)20(2)14-7-5-4-6-8-14/h9-12,14H,3-8,13H2,1-2H3/b12-11+. The van der Waals surface area contributed by atoms with Crippen LogP contribution in [0.5, 0.6) is 0 Å². The number of nitrogens with zero attached hydrogens (tertiary/aromatic N) is 2. The van der Waals surface area contributed by atoms with Crippen molar-refractivity contribution in [1.82, 2.24) is 9.80 Å². The molecule has 0 atom stereocenters. The third-order valence-corrected chi connectivity index (χ3v) is 5.72. The molecular weight excluding hydrogens is 344 g/mol. The molecule has 1 heterocycles. The van der Waals surface area contributed by atoms with E-state index in [1.165, 1.54) is 42.8 Å². The average molecular weight is 369 g/mol. The van der Waals surface area contributed by atoms with Crippen LogP contribution in [0.4, 0.5) is 0 Å². The number of amides is 2. The number of rotatable bonds is 6. The highest BCUT2D eigenvalue weighted by Crippen LogP contribution is 2.23. The number of carbonyl (C=O) groups is 2. The Bertz CT molecular complexity index is 594. The van der Waals surface area contributed by atoms with Gasteiger partial charge in [0.25, 0.3) is 0 Å². The maximum Gasteiger partial charge on any atom is 0.247 e. The summed E-state index contributed by atoms with van der Waals surface area (Å²) < 4.78 is 0.716. The molecular formula is C18H25ClN2O2S. The molecule has 0 radical (unpaired) electrons. The molecule has 4 nitrogen and oxygen atoms in total. The van der Waals surface area contributed by atoms with E-state index in [-0.39, 0.29) is 11.8 Å². The molecule has 24 heavy (non-hydrogen) atoms. The van der Waals surface area contributed by atoms with Gasteiger partial charge < -0.3 is 9.80 Å². The Morgan fingerprint density at radius 3 is 2.46 bits per heavy atom. The lowest BCUT2D eigenvalue weighted by molar-refractivity contribution is -0.129. The van der Waals surface area contributed by atoms with E-state index in [9.17, 15) is 9.59 Å². The van der Waals surface area contributed by atoms with Crippen molar-refractivity contribution in [2.24, 2.45) is 0 Å². The summed E-state index contributed by atoms with van der Waals surface area (Å²) in [5, 5.41) is 0. The van der Waals surface area contributed by atoms with Crippen molar-refractivity contribution in [3.8, 4) is 0 Å². The maximum atomic E-state index is 12.3. The summed E-state index contributed by atoms with van der Waals surface area (Å²) in [5.41, 5.74) is 0. The molecule has 2 rings (SSSR count). The number of hydrogen-bond donors (Lipinski definition) is 0. The van der Waals surface area contributed by atoms with Gasteiger partial charge in [0.15, 0.2) is 0 Å². The van der Waals surface area contributed by atoms with E-state index in [1.54, 1.807) is 9.80 Å². The van der Waals surface area contributed by atoms with Crippen molar-refractivity contribution in [2.75, 3.05) is 13.6 Å². The number of thiophene rings is 1. The zero-order chi connectivity index (χ0) is 17.5. The van der Waals surface area contributed by atoms with E-state index in [0.717, 1.165) is 17.7 Å². The molecule has 0 N–H and O–H groups in total. The van der Waals surface area contributed by atoms with E-state index in [4.69, 9.17) is 11.6 Å². The van der Waals surface area contributed by atoms with Gasteiger partial charge in [0, 0.05) is 36.7 Å². The van der Waals surface area contributed by atoms with Gasteiger partial charge in [0.05, 0.1) is 10.9 Å². The van der Waals surface area contributed by atoms with Crippen molar-refractivity contribution >= 4 is 34.8 Å². The van der Waals surface area contributed by atoms with Crippen LogP contribution in [0.2, 0.25) is 4.34 Å². The van der Waals surface area contributed by atoms with E-state index in [1.807, 2.05) is 26.1 Å². The van der Waals surface area contributed by atoms with Gasteiger partial charge in [-0.3, -0.25) is 9.59 Å². The summed E-state index contributed by atoms with van der Waals surface area (Å²) in [6, 6.07) is 4.06. The zero-order valence-corrected chi connectivity index (χ0v) is 15.9. The van der Waals surface area contributed by atoms with Crippen LogP contribution in [0, 0.1) is 0 Å². The highest BCUT2D eigenvalue weighted by Gasteiger charge is 2.21. The Labute approximate surface area is 153 Å². The van der Waals surface area contributed by atoms with Crippen LogP contribution >= 0.6 is 22.9 Å². The van der Waals surface area contributed by atoms with E-state index in [2.05, 4.69) is 0 Å². The van der Waals surface area contributed by atoms with Gasteiger partial charge in [0.2, 0.25) is 11.8 Å². The first-order chi connectivity index (χ1) is 11.5. The topological polar surface area (TPSA) is 40.6 Å². The third kappa shape index (κ3) is 5.35. The van der Waals surface area contributed by atoms with Gasteiger partial charge in [-0.25, -0.2) is 0 Å². The predicted octanol–water partition coefficient (Wildman–Crippen LogP) is 4.10. The first-order valence-electron chi connectivity index (χ1n) is 8.49. The number of likely N-dealkylation sites (N-methyl/N-ethyl adjacent to an activating group) is 2. The molecule has 1 aliphatic carbocycles. The van der Waals surface area contributed by atoms with Gasteiger partial charge >= 0.3 is 0 Å². The number of carbonyl (C=O) groups excluding carboxylic acids is 2. The Balaban J connectivity index is 1.90. The molecule has 0 saturated heterocycles. The van der Waals surface area contributed by atoms with Crippen LogP contribution in [-0.2, 0) is 16.1 Å². The SMILES string of the molecule is CCN(Cc1ccc(Cl)s1)C(=O)/C=C/C(=O)N(C)C1CCCCC1. The second-order valence-corrected chi connectivity index (χ2v) is 7.93. The second kappa shape index (κ2) is 9.23. The van der Waals surface area contributed by atoms with Crippen LogP contribution in [0.1, 0.15) is 43.9 Å². The van der Waals surface area contributed by atoms with Gasteiger partial charge in [0.1, 0.15) is 0 Å². The number of halogens is 1. The molecule has 1 aromatic heterocycles. The fourth-order valence-corrected chi connectivity index (χ4v) is 4.09. The van der Waals surface area contributed by atoms with E-state index >= 15 is 0 Å². The van der Waals surface area contributed by atoms with Crippen LogP contribution in [0.15, 0.2) is 24.3 Å². The second-order valence-electron chi connectivity index (χ2n) is 6.13.